The van der Waals surface area contributed by atoms with Crippen molar-refractivity contribution in [3.05, 3.63) is 50.3 Å². The second-order valence-electron chi connectivity index (χ2n) is 4.58. The van der Waals surface area contributed by atoms with Crippen molar-refractivity contribution in [1.29, 1.82) is 0 Å². The van der Waals surface area contributed by atoms with Crippen molar-refractivity contribution >= 4 is 39.9 Å². The number of rotatable bonds is 3. The second kappa shape index (κ2) is 6.27. The van der Waals surface area contributed by atoms with E-state index in [1.165, 1.54) is 12.1 Å². The SMILES string of the molecule is Fc1ccc(NCc2cc(Cl)c3c(c2)OCCO3)c(I)c1. The Hall–Kier alpha value is -1.21. The van der Waals surface area contributed by atoms with E-state index in [2.05, 4.69) is 27.9 Å². The number of halogens is 3. The van der Waals surface area contributed by atoms with Crippen molar-refractivity contribution in [3.63, 3.8) is 0 Å². The average molecular weight is 420 g/mol. The molecule has 0 aromatic heterocycles. The van der Waals surface area contributed by atoms with Gasteiger partial charge in [0, 0.05) is 15.8 Å². The van der Waals surface area contributed by atoms with Gasteiger partial charge >= 0.3 is 0 Å². The molecule has 1 heterocycles. The highest BCUT2D eigenvalue weighted by molar-refractivity contribution is 14.1. The fraction of sp³-hybridized carbons (Fsp3) is 0.200. The molecule has 1 aliphatic rings. The summed E-state index contributed by atoms with van der Waals surface area (Å²) in [6.45, 7) is 1.60. The maximum atomic E-state index is 13.1. The third kappa shape index (κ3) is 3.35. The molecule has 1 aliphatic heterocycles. The van der Waals surface area contributed by atoms with E-state index in [0.717, 1.165) is 14.8 Å². The highest BCUT2D eigenvalue weighted by Gasteiger charge is 2.16. The number of fused-ring (bicyclic) bond motifs is 1. The van der Waals surface area contributed by atoms with Crippen molar-refractivity contribution < 1.29 is 13.9 Å². The fourth-order valence-electron chi connectivity index (χ4n) is 2.10. The average Bonchev–Trinajstić information content (AvgIpc) is 2.46. The van der Waals surface area contributed by atoms with E-state index in [1.807, 2.05) is 12.1 Å². The van der Waals surface area contributed by atoms with Gasteiger partial charge in [0.25, 0.3) is 0 Å². The Balaban J connectivity index is 1.77. The van der Waals surface area contributed by atoms with Crippen LogP contribution in [0, 0.1) is 9.39 Å². The highest BCUT2D eigenvalue weighted by Crippen LogP contribution is 2.38. The molecule has 3 rings (SSSR count). The zero-order valence-electron chi connectivity index (χ0n) is 11.0. The number of ether oxygens (including phenoxy) is 2. The van der Waals surface area contributed by atoms with E-state index >= 15 is 0 Å². The first kappa shape index (κ1) is 14.7. The molecule has 2 aromatic rings. The predicted octanol–water partition coefficient (Wildman–Crippen LogP) is 4.47. The fourth-order valence-corrected chi connectivity index (χ4v) is 3.05. The summed E-state index contributed by atoms with van der Waals surface area (Å²) in [4.78, 5) is 0. The molecule has 0 unspecified atom stereocenters. The summed E-state index contributed by atoms with van der Waals surface area (Å²) >= 11 is 8.29. The molecular weight excluding hydrogens is 408 g/mol. The normalized spacial score (nSPS) is 13.1. The lowest BCUT2D eigenvalue weighted by molar-refractivity contribution is 0.171. The minimum Gasteiger partial charge on any atom is -0.486 e. The van der Waals surface area contributed by atoms with Gasteiger partial charge in [0.2, 0.25) is 0 Å². The molecule has 0 spiro atoms. The Morgan fingerprint density at radius 3 is 2.81 bits per heavy atom. The van der Waals surface area contributed by atoms with Gasteiger partial charge in [-0.1, -0.05) is 11.6 Å². The van der Waals surface area contributed by atoms with Crippen LogP contribution >= 0.6 is 34.2 Å². The molecule has 0 amide bonds. The lowest BCUT2D eigenvalue weighted by Crippen LogP contribution is -2.16. The second-order valence-corrected chi connectivity index (χ2v) is 6.15. The summed E-state index contributed by atoms with van der Waals surface area (Å²) in [6, 6.07) is 8.39. The molecule has 0 radical (unpaired) electrons. The van der Waals surface area contributed by atoms with E-state index in [4.69, 9.17) is 21.1 Å². The van der Waals surface area contributed by atoms with Crippen molar-refractivity contribution in [2.24, 2.45) is 0 Å². The molecule has 0 bridgehead atoms. The molecule has 110 valence electrons. The van der Waals surface area contributed by atoms with Crippen LogP contribution in [0.3, 0.4) is 0 Å². The van der Waals surface area contributed by atoms with Crippen LogP contribution in [0.1, 0.15) is 5.56 Å². The maximum Gasteiger partial charge on any atom is 0.179 e. The molecule has 6 heteroatoms. The largest absolute Gasteiger partial charge is 0.486 e. The summed E-state index contributed by atoms with van der Waals surface area (Å²) in [6.07, 6.45) is 0. The molecule has 0 aliphatic carbocycles. The van der Waals surface area contributed by atoms with Crippen LogP contribution in [0.15, 0.2) is 30.3 Å². The minimum atomic E-state index is -0.243. The van der Waals surface area contributed by atoms with Crippen LogP contribution in [0.25, 0.3) is 0 Å². The van der Waals surface area contributed by atoms with Gasteiger partial charge < -0.3 is 14.8 Å². The number of nitrogens with one attached hydrogen (secondary N) is 1. The first-order chi connectivity index (χ1) is 10.1. The predicted molar refractivity (Wildman–Crippen MR) is 88.9 cm³/mol. The maximum absolute atomic E-state index is 13.1. The van der Waals surface area contributed by atoms with E-state index in [0.29, 0.717) is 36.3 Å². The summed E-state index contributed by atoms with van der Waals surface area (Å²) in [7, 11) is 0. The Morgan fingerprint density at radius 2 is 2.00 bits per heavy atom. The van der Waals surface area contributed by atoms with Gasteiger partial charge in [0.15, 0.2) is 11.5 Å². The van der Waals surface area contributed by atoms with Crippen LogP contribution in [-0.2, 0) is 6.54 Å². The number of hydrogen-bond acceptors (Lipinski definition) is 3. The molecule has 2 aromatic carbocycles. The zero-order chi connectivity index (χ0) is 14.8. The Bertz CT molecular complexity index is 681. The van der Waals surface area contributed by atoms with Gasteiger partial charge in [-0.2, -0.15) is 0 Å². The quantitative estimate of drug-likeness (QED) is 0.745. The van der Waals surface area contributed by atoms with Crippen molar-refractivity contribution in [2.45, 2.75) is 6.54 Å². The zero-order valence-corrected chi connectivity index (χ0v) is 13.9. The molecule has 0 saturated heterocycles. The van der Waals surface area contributed by atoms with Crippen LogP contribution in [0.5, 0.6) is 11.5 Å². The monoisotopic (exact) mass is 419 g/mol. The smallest absolute Gasteiger partial charge is 0.179 e. The van der Waals surface area contributed by atoms with Crippen LogP contribution in [-0.4, -0.2) is 13.2 Å². The topological polar surface area (TPSA) is 30.5 Å². The number of hydrogen-bond donors (Lipinski definition) is 1. The summed E-state index contributed by atoms with van der Waals surface area (Å²) in [5, 5.41) is 3.80. The molecule has 0 fully saturated rings. The third-order valence-electron chi connectivity index (χ3n) is 3.07. The lowest BCUT2D eigenvalue weighted by Gasteiger charge is -2.20. The minimum absolute atomic E-state index is 0.243. The standard InChI is InChI=1S/C15H12ClFINO2/c16-11-5-9(6-14-15(11)21-4-3-20-14)8-19-13-2-1-10(17)7-12(13)18/h1-2,5-7,19H,3-4,8H2. The number of anilines is 1. The molecule has 3 nitrogen and oxygen atoms in total. The summed E-state index contributed by atoms with van der Waals surface area (Å²) in [5.41, 5.74) is 1.85. The first-order valence-electron chi connectivity index (χ1n) is 6.40. The summed E-state index contributed by atoms with van der Waals surface area (Å²) in [5.74, 6) is 1.02. The van der Waals surface area contributed by atoms with E-state index in [-0.39, 0.29) is 5.82 Å². The first-order valence-corrected chi connectivity index (χ1v) is 7.86. The highest BCUT2D eigenvalue weighted by atomic mass is 127. The Kier molecular flexibility index (Phi) is 4.40. The molecular formula is C15H12ClFINO2. The summed E-state index contributed by atoms with van der Waals surface area (Å²) < 4.78 is 24.9. The Labute approximate surface area is 140 Å². The van der Waals surface area contributed by atoms with Crippen LogP contribution in [0.4, 0.5) is 10.1 Å². The van der Waals surface area contributed by atoms with Gasteiger partial charge in [0.1, 0.15) is 19.0 Å². The van der Waals surface area contributed by atoms with E-state index < -0.39 is 0 Å². The van der Waals surface area contributed by atoms with Crippen molar-refractivity contribution in [2.75, 3.05) is 18.5 Å². The van der Waals surface area contributed by atoms with E-state index in [1.54, 1.807) is 6.07 Å². The lowest BCUT2D eigenvalue weighted by atomic mass is 10.2. The molecule has 1 N–H and O–H groups in total. The number of benzene rings is 2. The third-order valence-corrected chi connectivity index (χ3v) is 4.24. The van der Waals surface area contributed by atoms with Crippen LogP contribution in [0.2, 0.25) is 5.02 Å². The van der Waals surface area contributed by atoms with Gasteiger partial charge in [-0.3, -0.25) is 0 Å². The Morgan fingerprint density at radius 1 is 1.19 bits per heavy atom. The molecule has 0 saturated carbocycles. The van der Waals surface area contributed by atoms with Gasteiger partial charge in [-0.15, -0.1) is 0 Å². The molecule has 0 atom stereocenters. The van der Waals surface area contributed by atoms with Gasteiger partial charge in [-0.25, -0.2) is 4.39 Å². The van der Waals surface area contributed by atoms with Crippen molar-refractivity contribution in [3.8, 4) is 11.5 Å². The molecule has 21 heavy (non-hydrogen) atoms. The van der Waals surface area contributed by atoms with Gasteiger partial charge in [-0.05, 0) is 58.5 Å². The van der Waals surface area contributed by atoms with E-state index in [9.17, 15) is 4.39 Å². The van der Waals surface area contributed by atoms with Crippen molar-refractivity contribution in [1.82, 2.24) is 0 Å². The van der Waals surface area contributed by atoms with Crippen LogP contribution < -0.4 is 14.8 Å². The van der Waals surface area contributed by atoms with Gasteiger partial charge in [0.05, 0.1) is 5.02 Å².